The SMILES string of the molecule is c1ccc(-c2cccc(-c3cc(-c4ccc5oc6ccccc6c5c4)cc(-c4cc(-c5cccc(-c6ccncc6)c5)nc(-c5ccccc5)n4)c3)c2)cc1. The number of hydrogen-bond donors (Lipinski definition) is 0. The molecule has 0 saturated heterocycles. The van der Waals surface area contributed by atoms with Crippen molar-refractivity contribution in [2.75, 3.05) is 0 Å². The van der Waals surface area contributed by atoms with Gasteiger partial charge in [0.1, 0.15) is 11.2 Å². The minimum atomic E-state index is 0.673. The highest BCUT2D eigenvalue weighted by Crippen LogP contribution is 2.38. The average molecular weight is 704 g/mol. The van der Waals surface area contributed by atoms with E-state index in [0.717, 1.165) is 83.4 Å². The number of benzene rings is 7. The van der Waals surface area contributed by atoms with Gasteiger partial charge in [-0.1, -0.05) is 121 Å². The Morgan fingerprint density at radius 1 is 0.291 bits per heavy atom. The monoisotopic (exact) mass is 703 g/mol. The van der Waals surface area contributed by atoms with Crippen molar-refractivity contribution in [3.63, 3.8) is 0 Å². The van der Waals surface area contributed by atoms with E-state index in [1.54, 1.807) is 0 Å². The number of pyridine rings is 1. The van der Waals surface area contributed by atoms with Crippen LogP contribution in [-0.2, 0) is 0 Å². The van der Waals surface area contributed by atoms with Gasteiger partial charge in [-0.25, -0.2) is 9.97 Å². The number of rotatable bonds is 7. The molecule has 10 rings (SSSR count). The maximum Gasteiger partial charge on any atom is 0.160 e. The van der Waals surface area contributed by atoms with Gasteiger partial charge >= 0.3 is 0 Å². The third-order valence-electron chi connectivity index (χ3n) is 10.2. The number of furan rings is 1. The largest absolute Gasteiger partial charge is 0.456 e. The first-order chi connectivity index (χ1) is 27.2. The highest BCUT2D eigenvalue weighted by Gasteiger charge is 2.16. The van der Waals surface area contributed by atoms with Crippen molar-refractivity contribution in [3.05, 3.63) is 200 Å². The molecule has 0 unspecified atom stereocenters. The summed E-state index contributed by atoms with van der Waals surface area (Å²) in [5.74, 6) is 0.673. The van der Waals surface area contributed by atoms with Gasteiger partial charge in [0, 0.05) is 39.9 Å². The van der Waals surface area contributed by atoms with Crippen molar-refractivity contribution >= 4 is 21.9 Å². The van der Waals surface area contributed by atoms with Gasteiger partial charge in [0.05, 0.1) is 11.4 Å². The molecule has 0 amide bonds. The Bertz CT molecular complexity index is 2970. The smallest absolute Gasteiger partial charge is 0.160 e. The summed E-state index contributed by atoms with van der Waals surface area (Å²) >= 11 is 0. The molecular weight excluding hydrogens is 671 g/mol. The van der Waals surface area contributed by atoms with E-state index < -0.39 is 0 Å². The lowest BCUT2D eigenvalue weighted by molar-refractivity contribution is 0.669. The molecular formula is C51H33N3O. The second-order valence-electron chi connectivity index (χ2n) is 13.7. The van der Waals surface area contributed by atoms with Crippen LogP contribution >= 0.6 is 0 Å². The molecule has 0 aliphatic carbocycles. The van der Waals surface area contributed by atoms with Gasteiger partial charge in [-0.15, -0.1) is 0 Å². The molecule has 3 heterocycles. The van der Waals surface area contributed by atoms with Crippen molar-refractivity contribution < 1.29 is 4.42 Å². The first kappa shape index (κ1) is 32.2. The molecule has 0 saturated carbocycles. The Labute approximate surface area is 319 Å². The maximum absolute atomic E-state index is 6.21. The second kappa shape index (κ2) is 13.8. The molecule has 0 N–H and O–H groups in total. The van der Waals surface area contributed by atoms with E-state index in [2.05, 4.69) is 151 Å². The molecule has 0 aliphatic heterocycles. The van der Waals surface area contributed by atoms with Crippen molar-refractivity contribution in [2.24, 2.45) is 0 Å². The quantitative estimate of drug-likeness (QED) is 0.166. The number of nitrogens with zero attached hydrogens (tertiary/aromatic N) is 3. The van der Waals surface area contributed by atoms with Crippen LogP contribution in [0.15, 0.2) is 205 Å². The summed E-state index contributed by atoms with van der Waals surface area (Å²) in [5.41, 5.74) is 15.4. The second-order valence-corrected chi connectivity index (χ2v) is 13.7. The van der Waals surface area contributed by atoms with Crippen molar-refractivity contribution in [3.8, 4) is 78.4 Å². The molecule has 258 valence electrons. The standard InChI is InChI=1S/C51H33N3O/c1-3-11-34(12-4-1)37-15-9-17-39(27-37)42-29-43(40-21-22-50-46(32-40)45-19-7-8-20-49(45)55-50)31-44(30-42)48-33-47(53-51(54-48)36-13-5-2-6-14-36)41-18-10-16-38(28-41)35-23-25-52-26-24-35/h1-33H. The normalized spacial score (nSPS) is 11.3. The Hall–Kier alpha value is -7.43. The maximum atomic E-state index is 6.21. The summed E-state index contributed by atoms with van der Waals surface area (Å²) in [7, 11) is 0. The van der Waals surface area contributed by atoms with Gasteiger partial charge < -0.3 is 4.42 Å². The van der Waals surface area contributed by atoms with Crippen LogP contribution in [-0.4, -0.2) is 15.0 Å². The van der Waals surface area contributed by atoms with Crippen LogP contribution in [0.4, 0.5) is 0 Å². The third-order valence-corrected chi connectivity index (χ3v) is 10.2. The Balaban J connectivity index is 1.18. The van der Waals surface area contributed by atoms with E-state index in [9.17, 15) is 0 Å². The van der Waals surface area contributed by atoms with Crippen molar-refractivity contribution in [1.82, 2.24) is 15.0 Å². The fourth-order valence-electron chi connectivity index (χ4n) is 7.39. The minimum absolute atomic E-state index is 0.673. The highest BCUT2D eigenvalue weighted by atomic mass is 16.3. The van der Waals surface area contributed by atoms with Crippen LogP contribution in [0.5, 0.6) is 0 Å². The number of aromatic nitrogens is 3. The zero-order valence-corrected chi connectivity index (χ0v) is 29.8. The molecule has 0 atom stereocenters. The van der Waals surface area contributed by atoms with Gasteiger partial charge in [0.2, 0.25) is 0 Å². The number of fused-ring (bicyclic) bond motifs is 3. The lowest BCUT2D eigenvalue weighted by Gasteiger charge is -2.14. The Morgan fingerprint density at radius 2 is 0.782 bits per heavy atom. The van der Waals surface area contributed by atoms with E-state index in [0.29, 0.717) is 5.82 Å². The molecule has 0 aliphatic rings. The van der Waals surface area contributed by atoms with Gasteiger partial charge in [-0.2, -0.15) is 0 Å². The van der Waals surface area contributed by atoms with Crippen molar-refractivity contribution in [1.29, 1.82) is 0 Å². The summed E-state index contributed by atoms with van der Waals surface area (Å²) in [5, 5.41) is 2.20. The van der Waals surface area contributed by atoms with E-state index in [1.807, 2.05) is 54.9 Å². The summed E-state index contributed by atoms with van der Waals surface area (Å²) in [4.78, 5) is 14.6. The lowest BCUT2D eigenvalue weighted by Crippen LogP contribution is -1.97. The zero-order valence-electron chi connectivity index (χ0n) is 29.8. The molecule has 55 heavy (non-hydrogen) atoms. The van der Waals surface area contributed by atoms with Gasteiger partial charge in [0.25, 0.3) is 0 Å². The topological polar surface area (TPSA) is 51.8 Å². The fourth-order valence-corrected chi connectivity index (χ4v) is 7.39. The lowest BCUT2D eigenvalue weighted by atomic mass is 9.92. The van der Waals surface area contributed by atoms with Gasteiger partial charge in [0.15, 0.2) is 5.82 Å². The van der Waals surface area contributed by atoms with Crippen LogP contribution in [0.25, 0.3) is 100 Å². The number of hydrogen-bond acceptors (Lipinski definition) is 4. The van der Waals surface area contributed by atoms with Crippen LogP contribution in [0, 0.1) is 0 Å². The molecule has 4 nitrogen and oxygen atoms in total. The summed E-state index contributed by atoms with van der Waals surface area (Å²) in [6, 6.07) is 65.7. The van der Waals surface area contributed by atoms with Crippen molar-refractivity contribution in [2.45, 2.75) is 0 Å². The van der Waals surface area contributed by atoms with E-state index in [-0.39, 0.29) is 0 Å². The summed E-state index contributed by atoms with van der Waals surface area (Å²) in [6.45, 7) is 0. The number of para-hydroxylation sites is 1. The molecule has 0 fully saturated rings. The third kappa shape index (κ3) is 6.36. The Morgan fingerprint density at radius 3 is 1.51 bits per heavy atom. The molecule has 4 heteroatoms. The van der Waals surface area contributed by atoms with Crippen LogP contribution in [0.2, 0.25) is 0 Å². The fraction of sp³-hybridized carbons (Fsp3) is 0. The van der Waals surface area contributed by atoms with E-state index >= 15 is 0 Å². The average Bonchev–Trinajstić information content (AvgIpc) is 3.65. The van der Waals surface area contributed by atoms with Crippen LogP contribution in [0.1, 0.15) is 0 Å². The summed E-state index contributed by atoms with van der Waals surface area (Å²) in [6.07, 6.45) is 3.65. The first-order valence-electron chi connectivity index (χ1n) is 18.4. The van der Waals surface area contributed by atoms with E-state index in [4.69, 9.17) is 14.4 Å². The minimum Gasteiger partial charge on any atom is -0.456 e. The molecule has 0 radical (unpaired) electrons. The molecule has 3 aromatic heterocycles. The molecule has 0 spiro atoms. The van der Waals surface area contributed by atoms with Gasteiger partial charge in [-0.05, 0) is 111 Å². The predicted octanol–water partition coefficient (Wildman–Crippen LogP) is 13.4. The highest BCUT2D eigenvalue weighted by molar-refractivity contribution is 6.06. The zero-order chi connectivity index (χ0) is 36.6. The summed E-state index contributed by atoms with van der Waals surface area (Å²) < 4.78 is 6.21. The molecule has 7 aromatic carbocycles. The van der Waals surface area contributed by atoms with Crippen LogP contribution < -0.4 is 0 Å². The molecule has 0 bridgehead atoms. The van der Waals surface area contributed by atoms with E-state index in [1.165, 1.54) is 11.1 Å². The van der Waals surface area contributed by atoms with Gasteiger partial charge in [-0.3, -0.25) is 4.98 Å². The molecule has 10 aromatic rings. The Kier molecular flexibility index (Phi) is 8.12. The van der Waals surface area contributed by atoms with Crippen LogP contribution in [0.3, 0.4) is 0 Å². The predicted molar refractivity (Wildman–Crippen MR) is 225 cm³/mol. The first-order valence-corrected chi connectivity index (χ1v) is 18.4.